The molecule has 4 heteroatoms. The van der Waals surface area contributed by atoms with Crippen molar-refractivity contribution in [2.45, 2.75) is 46.1 Å². The van der Waals surface area contributed by atoms with Crippen LogP contribution in [0, 0.1) is 5.41 Å². The second-order valence-corrected chi connectivity index (χ2v) is 9.14. The highest BCUT2D eigenvalue weighted by Crippen LogP contribution is 2.32. The number of halogens is 2. The zero-order valence-corrected chi connectivity index (χ0v) is 17.1. The molecule has 1 saturated heterocycles. The van der Waals surface area contributed by atoms with Crippen molar-refractivity contribution in [2.24, 2.45) is 5.41 Å². The van der Waals surface area contributed by atoms with Crippen molar-refractivity contribution in [3.8, 4) is 11.1 Å². The van der Waals surface area contributed by atoms with Crippen LogP contribution >= 0.6 is 23.2 Å². The van der Waals surface area contributed by atoms with E-state index in [1.165, 1.54) is 5.56 Å². The molecule has 0 bridgehead atoms. The van der Waals surface area contributed by atoms with Crippen LogP contribution < -0.4 is 0 Å². The van der Waals surface area contributed by atoms with Gasteiger partial charge in [-0.1, -0.05) is 68.2 Å². The molecule has 0 saturated carbocycles. The summed E-state index contributed by atoms with van der Waals surface area (Å²) in [5.41, 5.74) is 3.35. The summed E-state index contributed by atoms with van der Waals surface area (Å²) >= 11 is 12.4. The standard InChI is InChI=1S/C22H25Cl2NO/c1-22(2,3)14-25-18(9-11-21(25)26)12-15-4-6-16(7-5-15)19-13-17(23)8-10-20(19)24/h4-8,10,13,18H,9,11-12,14H2,1-3H3/t18-/m0/s1. The average molecular weight is 390 g/mol. The lowest BCUT2D eigenvalue weighted by Gasteiger charge is -2.31. The Morgan fingerprint density at radius 3 is 2.42 bits per heavy atom. The Balaban J connectivity index is 1.75. The maximum absolute atomic E-state index is 12.3. The van der Waals surface area contributed by atoms with Crippen molar-refractivity contribution >= 4 is 29.1 Å². The van der Waals surface area contributed by atoms with Crippen molar-refractivity contribution in [2.75, 3.05) is 6.54 Å². The van der Waals surface area contributed by atoms with Gasteiger partial charge in [0.15, 0.2) is 0 Å². The highest BCUT2D eigenvalue weighted by Gasteiger charge is 2.33. The van der Waals surface area contributed by atoms with Crippen molar-refractivity contribution in [3.63, 3.8) is 0 Å². The first-order chi connectivity index (χ1) is 12.2. The summed E-state index contributed by atoms with van der Waals surface area (Å²) in [4.78, 5) is 14.3. The summed E-state index contributed by atoms with van der Waals surface area (Å²) in [5.74, 6) is 0.284. The van der Waals surface area contributed by atoms with E-state index in [0.717, 1.165) is 30.5 Å². The first kappa shape index (κ1) is 19.3. The molecule has 1 aliphatic heterocycles. The number of likely N-dealkylation sites (tertiary alicyclic amines) is 1. The summed E-state index contributed by atoms with van der Waals surface area (Å²) in [7, 11) is 0. The van der Waals surface area contributed by atoms with Gasteiger partial charge in [-0.2, -0.15) is 0 Å². The van der Waals surface area contributed by atoms with E-state index in [-0.39, 0.29) is 11.3 Å². The van der Waals surface area contributed by atoms with Gasteiger partial charge in [0, 0.05) is 34.6 Å². The minimum atomic E-state index is 0.117. The monoisotopic (exact) mass is 389 g/mol. The van der Waals surface area contributed by atoms with Crippen LogP contribution in [0.5, 0.6) is 0 Å². The quantitative estimate of drug-likeness (QED) is 0.605. The Labute approximate surface area is 166 Å². The summed E-state index contributed by atoms with van der Waals surface area (Å²) in [6.07, 6.45) is 2.50. The third kappa shape index (κ3) is 4.61. The number of carbonyl (C=O) groups is 1. The van der Waals surface area contributed by atoms with Gasteiger partial charge in [0.05, 0.1) is 0 Å². The van der Waals surface area contributed by atoms with E-state index in [9.17, 15) is 4.79 Å². The normalized spacial score (nSPS) is 17.8. The zero-order chi connectivity index (χ0) is 18.9. The lowest BCUT2D eigenvalue weighted by molar-refractivity contribution is -0.130. The fourth-order valence-corrected chi connectivity index (χ4v) is 3.94. The molecule has 1 atom stereocenters. The number of hydrogen-bond donors (Lipinski definition) is 0. The number of benzene rings is 2. The minimum Gasteiger partial charge on any atom is -0.339 e. The zero-order valence-electron chi connectivity index (χ0n) is 15.6. The molecule has 0 spiro atoms. The number of rotatable bonds is 4. The fourth-order valence-electron chi connectivity index (χ4n) is 3.54. The Morgan fingerprint density at radius 2 is 1.77 bits per heavy atom. The van der Waals surface area contributed by atoms with Crippen molar-refractivity contribution in [1.29, 1.82) is 0 Å². The van der Waals surface area contributed by atoms with Crippen LogP contribution in [0.15, 0.2) is 42.5 Å². The van der Waals surface area contributed by atoms with Crippen LogP contribution in [0.2, 0.25) is 10.0 Å². The van der Waals surface area contributed by atoms with Gasteiger partial charge in [0.2, 0.25) is 5.91 Å². The molecule has 1 heterocycles. The summed E-state index contributed by atoms with van der Waals surface area (Å²) in [5, 5.41) is 1.37. The minimum absolute atomic E-state index is 0.117. The van der Waals surface area contributed by atoms with Crippen LogP contribution in [-0.2, 0) is 11.2 Å². The molecule has 0 aliphatic carbocycles. The molecule has 0 aromatic heterocycles. The molecule has 26 heavy (non-hydrogen) atoms. The van der Waals surface area contributed by atoms with Crippen molar-refractivity contribution in [3.05, 3.63) is 58.1 Å². The van der Waals surface area contributed by atoms with Gasteiger partial charge in [-0.05, 0) is 47.6 Å². The smallest absolute Gasteiger partial charge is 0.222 e. The Bertz CT molecular complexity index is 793. The van der Waals surface area contributed by atoms with Gasteiger partial charge in [-0.3, -0.25) is 4.79 Å². The number of carbonyl (C=O) groups excluding carboxylic acids is 1. The topological polar surface area (TPSA) is 20.3 Å². The third-order valence-electron chi connectivity index (χ3n) is 4.76. The third-order valence-corrected chi connectivity index (χ3v) is 5.33. The van der Waals surface area contributed by atoms with E-state index in [4.69, 9.17) is 23.2 Å². The summed E-state index contributed by atoms with van der Waals surface area (Å²) < 4.78 is 0. The van der Waals surface area contributed by atoms with Crippen LogP contribution in [0.25, 0.3) is 11.1 Å². The van der Waals surface area contributed by atoms with Crippen LogP contribution in [-0.4, -0.2) is 23.4 Å². The van der Waals surface area contributed by atoms with Crippen LogP contribution in [0.4, 0.5) is 0 Å². The molecule has 2 aromatic carbocycles. The molecule has 0 N–H and O–H groups in total. The molecule has 2 aromatic rings. The lowest BCUT2D eigenvalue weighted by atomic mass is 9.94. The molecule has 1 amide bonds. The Morgan fingerprint density at radius 1 is 1.08 bits per heavy atom. The van der Waals surface area contributed by atoms with E-state index in [1.807, 2.05) is 12.1 Å². The first-order valence-corrected chi connectivity index (χ1v) is 9.82. The van der Waals surface area contributed by atoms with Gasteiger partial charge in [0.25, 0.3) is 0 Å². The van der Waals surface area contributed by atoms with Gasteiger partial charge >= 0.3 is 0 Å². The number of amides is 1. The number of nitrogens with zero attached hydrogens (tertiary/aromatic N) is 1. The molecule has 2 nitrogen and oxygen atoms in total. The fraction of sp³-hybridized carbons (Fsp3) is 0.409. The maximum Gasteiger partial charge on any atom is 0.222 e. The summed E-state index contributed by atoms with van der Waals surface area (Å²) in [6, 6.07) is 14.2. The maximum atomic E-state index is 12.3. The van der Waals surface area contributed by atoms with Crippen LogP contribution in [0.1, 0.15) is 39.2 Å². The molecule has 138 valence electrons. The molecule has 0 radical (unpaired) electrons. The molecular weight excluding hydrogens is 365 g/mol. The predicted molar refractivity (Wildman–Crippen MR) is 110 cm³/mol. The van der Waals surface area contributed by atoms with Gasteiger partial charge in [0.1, 0.15) is 0 Å². The highest BCUT2D eigenvalue weighted by molar-refractivity contribution is 6.35. The van der Waals surface area contributed by atoms with Crippen molar-refractivity contribution < 1.29 is 4.79 Å². The predicted octanol–water partition coefficient (Wildman–Crippen LogP) is 6.24. The molecular formula is C22H25Cl2NO. The second kappa shape index (κ2) is 7.62. The van der Waals surface area contributed by atoms with E-state index >= 15 is 0 Å². The first-order valence-electron chi connectivity index (χ1n) is 9.07. The Kier molecular flexibility index (Phi) is 5.64. The largest absolute Gasteiger partial charge is 0.339 e. The van der Waals surface area contributed by atoms with Gasteiger partial charge in [-0.25, -0.2) is 0 Å². The molecule has 0 unspecified atom stereocenters. The highest BCUT2D eigenvalue weighted by atomic mass is 35.5. The van der Waals surface area contributed by atoms with Crippen LogP contribution in [0.3, 0.4) is 0 Å². The summed E-state index contributed by atoms with van der Waals surface area (Å²) in [6.45, 7) is 7.35. The molecule has 1 fully saturated rings. The van der Waals surface area contributed by atoms with Crippen molar-refractivity contribution in [1.82, 2.24) is 4.90 Å². The number of hydrogen-bond acceptors (Lipinski definition) is 1. The van der Waals surface area contributed by atoms with Gasteiger partial charge in [-0.15, -0.1) is 0 Å². The SMILES string of the molecule is CC(C)(C)CN1C(=O)CC[C@H]1Cc1ccc(-c2cc(Cl)ccc2Cl)cc1. The van der Waals surface area contributed by atoms with E-state index < -0.39 is 0 Å². The van der Waals surface area contributed by atoms with E-state index in [2.05, 4.69) is 49.9 Å². The Hall–Kier alpha value is -1.51. The lowest BCUT2D eigenvalue weighted by Crippen LogP contribution is -2.40. The second-order valence-electron chi connectivity index (χ2n) is 8.30. The van der Waals surface area contributed by atoms with Gasteiger partial charge < -0.3 is 4.90 Å². The molecule has 1 aliphatic rings. The van der Waals surface area contributed by atoms with E-state index in [1.54, 1.807) is 6.07 Å². The van der Waals surface area contributed by atoms with E-state index in [0.29, 0.717) is 22.5 Å². The molecule has 3 rings (SSSR count). The average Bonchev–Trinajstić information content (AvgIpc) is 2.89.